The number of rotatable bonds is 6. The van der Waals surface area contributed by atoms with Gasteiger partial charge in [-0.2, -0.15) is 0 Å². The van der Waals surface area contributed by atoms with Gasteiger partial charge in [0.05, 0.1) is 32.9 Å². The van der Waals surface area contributed by atoms with Crippen LogP contribution in [0.15, 0.2) is 36.4 Å². The van der Waals surface area contributed by atoms with Gasteiger partial charge in [0.2, 0.25) is 0 Å². The molecule has 0 heterocycles. The molecule has 0 unspecified atom stereocenters. The highest BCUT2D eigenvalue weighted by Gasteiger charge is 2.37. The van der Waals surface area contributed by atoms with Crippen LogP contribution in [0.4, 0.5) is 0 Å². The molecular formula is C16H11O10P. The Morgan fingerprint density at radius 2 is 0.963 bits per heavy atom. The zero-order chi connectivity index (χ0) is 20.5. The van der Waals surface area contributed by atoms with Gasteiger partial charge >= 0.3 is 23.9 Å². The van der Waals surface area contributed by atoms with Gasteiger partial charge in [0.1, 0.15) is 0 Å². The Balaban J connectivity index is 2.92. The fraction of sp³-hybridized carbons (Fsp3) is 0. The molecule has 0 aliphatic heterocycles. The number of carbonyl (C=O) groups is 4. The summed E-state index contributed by atoms with van der Waals surface area (Å²) in [6.07, 6.45) is 0. The van der Waals surface area contributed by atoms with Crippen molar-refractivity contribution in [2.75, 3.05) is 0 Å². The third kappa shape index (κ3) is 3.43. The molecular weight excluding hydrogens is 383 g/mol. The number of carboxylic acids is 4. The van der Waals surface area contributed by atoms with E-state index in [0.29, 0.717) is 0 Å². The Labute approximate surface area is 150 Å². The number of carboxylic acid groups (broad SMARTS) is 4. The van der Waals surface area contributed by atoms with Crippen molar-refractivity contribution in [3.63, 3.8) is 0 Å². The normalized spacial score (nSPS) is 11.0. The van der Waals surface area contributed by atoms with Crippen molar-refractivity contribution in [3.8, 4) is 0 Å². The Bertz CT molecular complexity index is 960. The van der Waals surface area contributed by atoms with Crippen LogP contribution in [-0.4, -0.2) is 49.2 Å². The monoisotopic (exact) mass is 394 g/mol. The van der Waals surface area contributed by atoms with Crippen LogP contribution in [0.1, 0.15) is 41.4 Å². The third-order valence-corrected chi connectivity index (χ3v) is 5.68. The lowest BCUT2D eigenvalue weighted by Crippen LogP contribution is -2.29. The summed E-state index contributed by atoms with van der Waals surface area (Å²) in [5.41, 5.74) is -3.54. The van der Waals surface area contributed by atoms with E-state index in [1.54, 1.807) is 0 Å². The minimum absolute atomic E-state index is 0.777. The van der Waals surface area contributed by atoms with Gasteiger partial charge in [-0.1, -0.05) is 12.1 Å². The summed E-state index contributed by atoms with van der Waals surface area (Å²) in [6, 6.07) is 5.60. The molecule has 0 saturated heterocycles. The van der Waals surface area contributed by atoms with Gasteiger partial charge in [-0.05, 0) is 24.3 Å². The maximum atomic E-state index is 13.1. The first kappa shape index (κ1) is 19.8. The molecule has 140 valence electrons. The summed E-state index contributed by atoms with van der Waals surface area (Å²) in [6.45, 7) is 0. The molecule has 2 aromatic carbocycles. The molecule has 0 saturated carbocycles. The summed E-state index contributed by atoms with van der Waals surface area (Å²) in [5.74, 6) is -6.98. The largest absolute Gasteiger partial charge is 0.478 e. The Morgan fingerprint density at radius 3 is 1.22 bits per heavy atom. The van der Waals surface area contributed by atoms with E-state index in [0.717, 1.165) is 36.4 Å². The maximum Gasteiger partial charge on any atom is 0.337 e. The Kier molecular flexibility index (Phi) is 5.16. The topological polar surface area (TPSA) is 186 Å². The molecule has 0 spiro atoms. The zero-order valence-electron chi connectivity index (χ0n) is 13.2. The summed E-state index contributed by atoms with van der Waals surface area (Å²) in [4.78, 5) is 56.1. The number of hydrogen-bond donors (Lipinski definition) is 5. The predicted octanol–water partition coefficient (Wildman–Crippen LogP) is 0.701. The molecule has 0 aromatic heterocycles. The lowest BCUT2D eigenvalue weighted by Gasteiger charge is -2.18. The van der Waals surface area contributed by atoms with E-state index in [-0.39, 0.29) is 0 Å². The van der Waals surface area contributed by atoms with E-state index in [1.165, 1.54) is 0 Å². The van der Waals surface area contributed by atoms with Gasteiger partial charge in [-0.3, -0.25) is 4.57 Å². The first-order chi connectivity index (χ1) is 12.5. The highest BCUT2D eigenvalue weighted by Crippen LogP contribution is 2.41. The SMILES string of the molecule is O=C(O)c1cccc(P(=O)(O)c2cccc(C(=O)O)c2C(=O)O)c1C(=O)O. The van der Waals surface area contributed by atoms with Gasteiger partial charge in [0, 0.05) is 0 Å². The van der Waals surface area contributed by atoms with Crippen molar-refractivity contribution < 1.29 is 49.1 Å². The summed E-state index contributed by atoms with van der Waals surface area (Å²) < 4.78 is 13.1. The second-order valence-electron chi connectivity index (χ2n) is 5.20. The summed E-state index contributed by atoms with van der Waals surface area (Å²) in [7, 11) is -5.00. The van der Waals surface area contributed by atoms with Crippen molar-refractivity contribution in [2.24, 2.45) is 0 Å². The fourth-order valence-corrected chi connectivity index (χ4v) is 4.40. The number of benzene rings is 2. The molecule has 2 rings (SSSR count). The standard InChI is InChI=1S/C16H11O10P/c17-13(18)7-3-1-5-9(11(7)15(21)22)27(25,26)10-6-2-4-8(14(19)20)12(10)16(23)24/h1-6H,(H,17,18)(H,19,20)(H,21,22)(H,23,24)(H,25,26). The number of aromatic carboxylic acids is 4. The first-order valence-corrected chi connectivity index (χ1v) is 8.69. The van der Waals surface area contributed by atoms with Crippen LogP contribution in [0.5, 0.6) is 0 Å². The Morgan fingerprint density at radius 1 is 0.630 bits per heavy atom. The highest BCUT2D eigenvalue weighted by molar-refractivity contribution is 7.73. The second-order valence-corrected chi connectivity index (χ2v) is 7.31. The number of hydrogen-bond acceptors (Lipinski definition) is 5. The van der Waals surface area contributed by atoms with Crippen LogP contribution in [0.3, 0.4) is 0 Å². The quantitative estimate of drug-likeness (QED) is 0.436. The molecule has 10 nitrogen and oxygen atoms in total. The van der Waals surface area contributed by atoms with E-state index in [4.69, 9.17) is 10.2 Å². The zero-order valence-corrected chi connectivity index (χ0v) is 14.1. The molecule has 0 aliphatic carbocycles. The lowest BCUT2D eigenvalue weighted by molar-refractivity contribution is 0.0652. The van der Waals surface area contributed by atoms with Gasteiger partial charge in [0.25, 0.3) is 7.37 Å². The second kappa shape index (κ2) is 7.02. The highest BCUT2D eigenvalue weighted by atomic mass is 31.2. The van der Waals surface area contributed by atoms with E-state index >= 15 is 0 Å². The molecule has 0 amide bonds. The van der Waals surface area contributed by atoms with Crippen LogP contribution in [-0.2, 0) is 4.57 Å². The smallest absolute Gasteiger partial charge is 0.337 e. The van der Waals surface area contributed by atoms with Crippen LogP contribution in [0.2, 0.25) is 0 Å². The van der Waals surface area contributed by atoms with Crippen molar-refractivity contribution in [2.45, 2.75) is 0 Å². The molecule has 0 bridgehead atoms. The van der Waals surface area contributed by atoms with Crippen LogP contribution in [0, 0.1) is 0 Å². The van der Waals surface area contributed by atoms with Crippen molar-refractivity contribution in [3.05, 3.63) is 58.7 Å². The van der Waals surface area contributed by atoms with E-state index in [1.807, 2.05) is 0 Å². The first-order valence-electron chi connectivity index (χ1n) is 7.03. The van der Waals surface area contributed by atoms with E-state index < -0.39 is 64.1 Å². The average molecular weight is 394 g/mol. The third-order valence-electron chi connectivity index (χ3n) is 3.63. The van der Waals surface area contributed by atoms with E-state index in [2.05, 4.69) is 0 Å². The fourth-order valence-electron chi connectivity index (χ4n) is 2.52. The van der Waals surface area contributed by atoms with Crippen LogP contribution in [0.25, 0.3) is 0 Å². The average Bonchev–Trinajstić information content (AvgIpc) is 2.59. The van der Waals surface area contributed by atoms with Crippen molar-refractivity contribution >= 4 is 41.9 Å². The van der Waals surface area contributed by atoms with Crippen molar-refractivity contribution in [1.29, 1.82) is 0 Å². The van der Waals surface area contributed by atoms with Crippen molar-refractivity contribution in [1.82, 2.24) is 0 Å². The van der Waals surface area contributed by atoms with Crippen LogP contribution >= 0.6 is 7.37 Å². The molecule has 27 heavy (non-hydrogen) atoms. The summed E-state index contributed by atoms with van der Waals surface area (Å²) >= 11 is 0. The predicted molar refractivity (Wildman–Crippen MR) is 89.8 cm³/mol. The maximum absolute atomic E-state index is 13.1. The molecule has 0 aliphatic rings. The van der Waals surface area contributed by atoms with Gasteiger partial charge in [-0.15, -0.1) is 0 Å². The summed E-state index contributed by atoms with van der Waals surface area (Å²) in [5, 5.41) is 35.2. The molecule has 0 fully saturated rings. The molecule has 0 atom stereocenters. The van der Waals surface area contributed by atoms with Gasteiger partial charge in [0.15, 0.2) is 0 Å². The minimum Gasteiger partial charge on any atom is -0.478 e. The molecule has 11 heteroatoms. The van der Waals surface area contributed by atoms with Gasteiger partial charge < -0.3 is 25.3 Å². The van der Waals surface area contributed by atoms with Crippen LogP contribution < -0.4 is 10.6 Å². The van der Waals surface area contributed by atoms with Gasteiger partial charge in [-0.25, -0.2) is 19.2 Å². The van der Waals surface area contributed by atoms with E-state index in [9.17, 15) is 38.8 Å². The minimum atomic E-state index is -5.00. The Hall–Kier alpha value is -3.49. The molecule has 2 aromatic rings. The molecule has 5 N–H and O–H groups in total. The lowest BCUT2D eigenvalue weighted by atomic mass is 10.1. The molecule has 0 radical (unpaired) electrons.